The van der Waals surface area contributed by atoms with Gasteiger partial charge in [-0.25, -0.2) is 18.6 Å². The topological polar surface area (TPSA) is 90.5 Å². The number of benzene rings is 3. The fraction of sp³-hybridized carbons (Fsp3) is 0.103. The SMILES string of the molecule is CCc1nn2c(ncc3c(=O)n(NC(=O)COc4ccc5ccccc5c4)ccc32)c1-c1ccc(F)cc1. The van der Waals surface area contributed by atoms with Crippen LogP contribution in [-0.4, -0.2) is 31.8 Å². The van der Waals surface area contributed by atoms with Gasteiger partial charge in [0.05, 0.1) is 16.6 Å². The van der Waals surface area contributed by atoms with Crippen molar-refractivity contribution in [3.63, 3.8) is 0 Å². The Labute approximate surface area is 215 Å². The van der Waals surface area contributed by atoms with Gasteiger partial charge in [0.15, 0.2) is 12.3 Å². The van der Waals surface area contributed by atoms with Crippen molar-refractivity contribution in [3.8, 4) is 16.9 Å². The molecule has 3 aromatic carbocycles. The largest absolute Gasteiger partial charge is 0.484 e. The average Bonchev–Trinajstić information content (AvgIpc) is 3.33. The van der Waals surface area contributed by atoms with Crippen molar-refractivity contribution in [1.82, 2.24) is 19.3 Å². The Morgan fingerprint density at radius 3 is 2.61 bits per heavy atom. The molecule has 1 amide bonds. The van der Waals surface area contributed by atoms with Crippen LogP contribution in [0, 0.1) is 5.82 Å². The average molecular weight is 508 g/mol. The molecule has 0 aliphatic carbocycles. The van der Waals surface area contributed by atoms with E-state index >= 15 is 0 Å². The van der Waals surface area contributed by atoms with Gasteiger partial charge in [0, 0.05) is 18.0 Å². The summed E-state index contributed by atoms with van der Waals surface area (Å²) in [4.78, 5) is 30.3. The molecular formula is C29H22FN5O3. The summed E-state index contributed by atoms with van der Waals surface area (Å²) in [5, 5.41) is 7.04. The third-order valence-electron chi connectivity index (χ3n) is 6.39. The summed E-state index contributed by atoms with van der Waals surface area (Å²) in [7, 11) is 0. The molecule has 0 atom stereocenters. The number of hydrogen-bond acceptors (Lipinski definition) is 5. The highest BCUT2D eigenvalue weighted by Gasteiger charge is 2.18. The molecule has 0 saturated heterocycles. The molecule has 3 aromatic heterocycles. The van der Waals surface area contributed by atoms with E-state index in [1.165, 1.54) is 24.5 Å². The maximum Gasteiger partial charge on any atom is 0.280 e. The second kappa shape index (κ2) is 9.44. The van der Waals surface area contributed by atoms with Gasteiger partial charge in [-0.05, 0) is 53.1 Å². The van der Waals surface area contributed by atoms with E-state index in [4.69, 9.17) is 4.74 Å². The molecule has 0 saturated carbocycles. The number of amides is 1. The zero-order valence-electron chi connectivity index (χ0n) is 20.4. The number of rotatable bonds is 6. The molecule has 6 rings (SSSR count). The summed E-state index contributed by atoms with van der Waals surface area (Å²) >= 11 is 0. The van der Waals surface area contributed by atoms with Gasteiger partial charge in [-0.1, -0.05) is 49.4 Å². The van der Waals surface area contributed by atoms with E-state index in [2.05, 4.69) is 15.5 Å². The molecule has 8 nitrogen and oxygen atoms in total. The first-order chi connectivity index (χ1) is 18.5. The van der Waals surface area contributed by atoms with Crippen molar-refractivity contribution in [2.45, 2.75) is 13.3 Å². The second-order valence-electron chi connectivity index (χ2n) is 8.80. The summed E-state index contributed by atoms with van der Waals surface area (Å²) in [5.74, 6) is -0.259. The smallest absolute Gasteiger partial charge is 0.280 e. The molecule has 0 unspecified atom stereocenters. The van der Waals surface area contributed by atoms with E-state index in [0.717, 1.165) is 32.3 Å². The quantitative estimate of drug-likeness (QED) is 0.353. The van der Waals surface area contributed by atoms with Crippen LogP contribution in [-0.2, 0) is 11.2 Å². The van der Waals surface area contributed by atoms with Crippen LogP contribution in [0.15, 0.2) is 90.0 Å². The summed E-state index contributed by atoms with van der Waals surface area (Å²) in [5.41, 5.74) is 5.57. The summed E-state index contributed by atoms with van der Waals surface area (Å²) in [6.07, 6.45) is 3.57. The Hall–Kier alpha value is -5.05. The number of carbonyl (C=O) groups is 1. The van der Waals surface area contributed by atoms with Gasteiger partial charge in [0.2, 0.25) is 0 Å². The Morgan fingerprint density at radius 2 is 1.82 bits per heavy atom. The standard InChI is InChI=1S/C29H22FN5O3/c1-2-24-27(19-7-10-21(30)11-8-19)28-31-16-23-25(35(28)32-24)13-14-34(29(23)37)33-26(36)17-38-22-12-9-18-5-3-4-6-20(18)15-22/h3-16H,2,17H2,1H3,(H,33,36). The molecule has 0 aliphatic heterocycles. The predicted molar refractivity (Wildman–Crippen MR) is 143 cm³/mol. The Bertz CT molecular complexity index is 1890. The predicted octanol–water partition coefficient (Wildman–Crippen LogP) is 4.72. The summed E-state index contributed by atoms with van der Waals surface area (Å²) in [6, 6.07) is 21.3. The highest BCUT2D eigenvalue weighted by Crippen LogP contribution is 2.29. The van der Waals surface area contributed by atoms with Gasteiger partial charge in [-0.2, -0.15) is 5.10 Å². The number of aromatic nitrogens is 4. The number of aryl methyl sites for hydroxylation is 1. The number of nitrogens with one attached hydrogen (secondary N) is 1. The van der Waals surface area contributed by atoms with Gasteiger partial charge >= 0.3 is 0 Å². The lowest BCUT2D eigenvalue weighted by Crippen LogP contribution is -2.35. The number of fused-ring (bicyclic) bond motifs is 4. The molecule has 38 heavy (non-hydrogen) atoms. The van der Waals surface area contributed by atoms with Crippen molar-refractivity contribution >= 4 is 33.2 Å². The number of nitrogens with zero attached hydrogens (tertiary/aromatic N) is 4. The first kappa shape index (κ1) is 23.4. The Balaban J connectivity index is 1.28. The molecule has 0 fully saturated rings. The van der Waals surface area contributed by atoms with E-state index in [0.29, 0.717) is 23.3 Å². The van der Waals surface area contributed by atoms with Crippen molar-refractivity contribution in [3.05, 3.63) is 107 Å². The van der Waals surface area contributed by atoms with Gasteiger partial charge in [-0.15, -0.1) is 0 Å². The van der Waals surface area contributed by atoms with E-state index in [9.17, 15) is 14.0 Å². The minimum absolute atomic E-state index is 0.264. The van der Waals surface area contributed by atoms with Crippen molar-refractivity contribution in [1.29, 1.82) is 0 Å². The van der Waals surface area contributed by atoms with Gasteiger partial charge in [0.1, 0.15) is 11.6 Å². The number of carbonyl (C=O) groups excluding carboxylic acids is 1. The maximum absolute atomic E-state index is 13.5. The number of hydrogen-bond donors (Lipinski definition) is 1. The van der Waals surface area contributed by atoms with Crippen molar-refractivity contribution < 1.29 is 13.9 Å². The van der Waals surface area contributed by atoms with E-state index in [1.54, 1.807) is 28.8 Å². The second-order valence-corrected chi connectivity index (χ2v) is 8.80. The molecule has 0 radical (unpaired) electrons. The molecule has 9 heteroatoms. The molecule has 6 aromatic rings. The molecule has 1 N–H and O–H groups in total. The summed E-state index contributed by atoms with van der Waals surface area (Å²) in [6.45, 7) is 1.71. The third-order valence-corrected chi connectivity index (χ3v) is 6.39. The molecule has 0 aliphatic rings. The Morgan fingerprint density at radius 1 is 1.03 bits per heavy atom. The number of pyridine rings is 1. The van der Waals surface area contributed by atoms with E-state index in [-0.39, 0.29) is 17.8 Å². The lowest BCUT2D eigenvalue weighted by Gasteiger charge is -2.11. The lowest BCUT2D eigenvalue weighted by molar-refractivity contribution is -0.119. The minimum Gasteiger partial charge on any atom is -0.484 e. The molecule has 0 bridgehead atoms. The monoisotopic (exact) mass is 507 g/mol. The number of halogens is 1. The zero-order valence-corrected chi connectivity index (χ0v) is 20.4. The maximum atomic E-state index is 13.5. The van der Waals surface area contributed by atoms with Crippen molar-refractivity contribution in [2.24, 2.45) is 0 Å². The molecular weight excluding hydrogens is 485 g/mol. The molecule has 3 heterocycles. The molecule has 0 spiro atoms. The fourth-order valence-corrected chi connectivity index (χ4v) is 4.53. The van der Waals surface area contributed by atoms with Gasteiger partial charge in [0.25, 0.3) is 11.5 Å². The highest BCUT2D eigenvalue weighted by atomic mass is 19.1. The van der Waals surface area contributed by atoms with E-state index in [1.807, 2.05) is 43.3 Å². The van der Waals surface area contributed by atoms with Gasteiger partial charge in [-0.3, -0.25) is 15.0 Å². The molecule has 188 valence electrons. The normalized spacial score (nSPS) is 11.3. The Kier molecular flexibility index (Phi) is 5.80. The third kappa shape index (κ3) is 4.13. The van der Waals surface area contributed by atoms with Crippen LogP contribution in [0.3, 0.4) is 0 Å². The minimum atomic E-state index is -0.486. The van der Waals surface area contributed by atoms with Gasteiger partial charge < -0.3 is 4.74 Å². The fourth-order valence-electron chi connectivity index (χ4n) is 4.53. The van der Waals surface area contributed by atoms with Crippen LogP contribution in [0.5, 0.6) is 5.75 Å². The van der Waals surface area contributed by atoms with Crippen LogP contribution in [0.1, 0.15) is 12.6 Å². The van der Waals surface area contributed by atoms with Crippen LogP contribution in [0.2, 0.25) is 0 Å². The van der Waals surface area contributed by atoms with Crippen LogP contribution < -0.4 is 15.7 Å². The van der Waals surface area contributed by atoms with E-state index < -0.39 is 11.5 Å². The van der Waals surface area contributed by atoms with Crippen molar-refractivity contribution in [2.75, 3.05) is 12.0 Å². The van der Waals surface area contributed by atoms with Crippen LogP contribution >= 0.6 is 0 Å². The first-order valence-corrected chi connectivity index (χ1v) is 12.1. The lowest BCUT2D eigenvalue weighted by atomic mass is 10.0. The van der Waals surface area contributed by atoms with Crippen LogP contribution in [0.25, 0.3) is 38.4 Å². The van der Waals surface area contributed by atoms with Crippen LogP contribution in [0.4, 0.5) is 4.39 Å². The zero-order chi connectivity index (χ0) is 26.2. The number of ether oxygens (including phenoxy) is 1. The summed E-state index contributed by atoms with van der Waals surface area (Å²) < 4.78 is 21.8. The highest BCUT2D eigenvalue weighted by molar-refractivity contribution is 5.88. The first-order valence-electron chi connectivity index (χ1n) is 12.1.